The maximum Gasteiger partial charge on any atom is 0.335 e. The van der Waals surface area contributed by atoms with Gasteiger partial charge < -0.3 is 10.4 Å². The average Bonchev–Trinajstić information content (AvgIpc) is 2.82. The van der Waals surface area contributed by atoms with Gasteiger partial charge in [-0.25, -0.2) is 9.69 Å². The van der Waals surface area contributed by atoms with E-state index in [1.165, 1.54) is 17.0 Å². The predicted octanol–water partition coefficient (Wildman–Crippen LogP) is 2.13. The fourth-order valence-electron chi connectivity index (χ4n) is 2.50. The van der Waals surface area contributed by atoms with E-state index in [-0.39, 0.29) is 23.8 Å². The quantitative estimate of drug-likeness (QED) is 0.845. The number of carboxylic acids is 1. The van der Waals surface area contributed by atoms with Crippen molar-refractivity contribution in [1.82, 2.24) is 0 Å². The number of carboxylic acid groups (broad SMARTS) is 1. The van der Waals surface area contributed by atoms with Crippen molar-refractivity contribution in [3.8, 4) is 0 Å². The van der Waals surface area contributed by atoms with E-state index in [1.54, 1.807) is 36.4 Å². The fourth-order valence-corrected chi connectivity index (χ4v) is 2.50. The molecule has 0 saturated carbocycles. The summed E-state index contributed by atoms with van der Waals surface area (Å²) >= 11 is 0. The molecule has 0 radical (unpaired) electrons. The number of nitrogens with one attached hydrogen (secondary N) is 1. The van der Waals surface area contributed by atoms with Crippen LogP contribution in [-0.4, -0.2) is 28.9 Å². The van der Waals surface area contributed by atoms with E-state index in [4.69, 9.17) is 5.11 Å². The second-order valence-corrected chi connectivity index (χ2v) is 5.19. The zero-order valence-electron chi connectivity index (χ0n) is 12.1. The summed E-state index contributed by atoms with van der Waals surface area (Å²) in [7, 11) is 0. The largest absolute Gasteiger partial charge is 0.478 e. The van der Waals surface area contributed by atoms with Crippen LogP contribution in [0.3, 0.4) is 0 Å². The molecular weight excluding hydrogens is 296 g/mol. The maximum absolute atomic E-state index is 12.4. The van der Waals surface area contributed by atoms with Gasteiger partial charge in [-0.3, -0.25) is 9.59 Å². The predicted molar refractivity (Wildman–Crippen MR) is 84.4 cm³/mol. The van der Waals surface area contributed by atoms with Gasteiger partial charge in [0.05, 0.1) is 17.7 Å². The number of benzene rings is 2. The van der Waals surface area contributed by atoms with Crippen LogP contribution in [0.4, 0.5) is 11.4 Å². The van der Waals surface area contributed by atoms with E-state index < -0.39 is 12.0 Å². The normalized spacial score (nSPS) is 17.4. The van der Waals surface area contributed by atoms with Crippen molar-refractivity contribution in [2.75, 3.05) is 10.2 Å². The molecule has 0 bridgehead atoms. The van der Waals surface area contributed by atoms with Crippen LogP contribution in [0.5, 0.6) is 0 Å². The number of nitrogens with zero attached hydrogens (tertiary/aromatic N) is 1. The molecule has 6 heteroatoms. The van der Waals surface area contributed by atoms with E-state index >= 15 is 0 Å². The van der Waals surface area contributed by atoms with Crippen LogP contribution in [0.25, 0.3) is 0 Å². The van der Waals surface area contributed by atoms with Crippen LogP contribution in [0.2, 0.25) is 0 Å². The molecule has 2 aromatic rings. The molecule has 1 aliphatic heterocycles. The number of rotatable bonds is 4. The number of carbonyl (C=O) groups excluding carboxylic acids is 2. The Labute approximate surface area is 132 Å². The summed E-state index contributed by atoms with van der Waals surface area (Å²) in [5.74, 6) is -1.59. The van der Waals surface area contributed by atoms with Crippen molar-refractivity contribution >= 4 is 29.2 Å². The molecule has 0 spiro atoms. The van der Waals surface area contributed by atoms with Crippen molar-refractivity contribution in [1.29, 1.82) is 0 Å². The highest BCUT2D eigenvalue weighted by atomic mass is 16.4. The van der Waals surface area contributed by atoms with Crippen molar-refractivity contribution in [2.45, 2.75) is 12.5 Å². The monoisotopic (exact) mass is 310 g/mol. The summed E-state index contributed by atoms with van der Waals surface area (Å²) < 4.78 is 0. The van der Waals surface area contributed by atoms with Crippen molar-refractivity contribution in [2.24, 2.45) is 0 Å². The number of hydrogen-bond donors (Lipinski definition) is 2. The lowest BCUT2D eigenvalue weighted by Crippen LogP contribution is -2.34. The third kappa shape index (κ3) is 2.91. The highest BCUT2D eigenvalue weighted by molar-refractivity contribution is 6.23. The molecule has 0 aliphatic carbocycles. The van der Waals surface area contributed by atoms with Gasteiger partial charge in [0, 0.05) is 5.69 Å². The van der Waals surface area contributed by atoms with Crippen molar-refractivity contribution in [3.05, 3.63) is 60.2 Å². The lowest BCUT2D eigenvalue weighted by atomic mass is 10.2. The first-order chi connectivity index (χ1) is 11.1. The summed E-state index contributed by atoms with van der Waals surface area (Å²) in [6, 6.07) is 14.1. The highest BCUT2D eigenvalue weighted by Gasteiger charge is 2.39. The number of anilines is 2. The molecule has 6 nitrogen and oxygen atoms in total. The molecule has 1 aliphatic rings. The zero-order valence-corrected chi connectivity index (χ0v) is 12.1. The van der Waals surface area contributed by atoms with E-state index in [0.29, 0.717) is 11.4 Å². The van der Waals surface area contributed by atoms with Gasteiger partial charge >= 0.3 is 5.97 Å². The van der Waals surface area contributed by atoms with Gasteiger partial charge in [-0.15, -0.1) is 0 Å². The molecule has 0 aromatic heterocycles. The van der Waals surface area contributed by atoms with E-state index in [9.17, 15) is 14.4 Å². The molecule has 23 heavy (non-hydrogen) atoms. The third-order valence-corrected chi connectivity index (χ3v) is 3.63. The molecule has 1 heterocycles. The Morgan fingerprint density at radius 1 is 1.04 bits per heavy atom. The smallest absolute Gasteiger partial charge is 0.335 e. The van der Waals surface area contributed by atoms with Gasteiger partial charge in [-0.2, -0.15) is 0 Å². The summed E-state index contributed by atoms with van der Waals surface area (Å²) in [6.45, 7) is 0. The topological polar surface area (TPSA) is 86.7 Å². The molecule has 1 atom stereocenters. The first-order valence-corrected chi connectivity index (χ1v) is 7.08. The second kappa shape index (κ2) is 5.92. The zero-order chi connectivity index (χ0) is 16.4. The van der Waals surface area contributed by atoms with Gasteiger partial charge in [0.2, 0.25) is 5.91 Å². The molecular formula is C17H14N2O4. The molecule has 2 N–H and O–H groups in total. The minimum atomic E-state index is -1.01. The van der Waals surface area contributed by atoms with E-state index in [1.807, 2.05) is 6.07 Å². The van der Waals surface area contributed by atoms with Crippen molar-refractivity contribution in [3.63, 3.8) is 0 Å². The first-order valence-electron chi connectivity index (χ1n) is 7.08. The standard InChI is InChI=1S/C17H14N2O4/c20-15-10-14(16(21)19(15)13-4-2-1-3-5-13)18-12-8-6-11(7-9-12)17(22)23/h1-9,14,18H,10H2,(H,22,23). The number of para-hydroxylation sites is 1. The Hall–Kier alpha value is -3.15. The van der Waals surface area contributed by atoms with Gasteiger partial charge in [0.15, 0.2) is 0 Å². The van der Waals surface area contributed by atoms with Crippen LogP contribution >= 0.6 is 0 Å². The van der Waals surface area contributed by atoms with Crippen LogP contribution in [0, 0.1) is 0 Å². The lowest BCUT2D eigenvalue weighted by molar-refractivity contribution is -0.121. The minimum Gasteiger partial charge on any atom is -0.478 e. The van der Waals surface area contributed by atoms with E-state index in [0.717, 1.165) is 0 Å². The molecule has 1 unspecified atom stereocenters. The molecule has 116 valence electrons. The highest BCUT2D eigenvalue weighted by Crippen LogP contribution is 2.24. The number of hydrogen-bond acceptors (Lipinski definition) is 4. The SMILES string of the molecule is O=C(O)c1ccc(NC2CC(=O)N(c3ccccc3)C2=O)cc1. The molecule has 1 fully saturated rings. The van der Waals surface area contributed by atoms with Gasteiger partial charge in [0.25, 0.3) is 5.91 Å². The summed E-state index contributed by atoms with van der Waals surface area (Å²) in [5, 5.41) is 11.9. The van der Waals surface area contributed by atoms with Crippen LogP contribution in [0.15, 0.2) is 54.6 Å². The minimum absolute atomic E-state index is 0.0639. The fraction of sp³-hybridized carbons (Fsp3) is 0.118. The van der Waals surface area contributed by atoms with Gasteiger partial charge in [-0.05, 0) is 36.4 Å². The van der Waals surface area contributed by atoms with Crippen LogP contribution in [-0.2, 0) is 9.59 Å². The molecule has 3 rings (SSSR count). The van der Waals surface area contributed by atoms with Crippen molar-refractivity contribution < 1.29 is 19.5 Å². The van der Waals surface area contributed by atoms with Crippen LogP contribution < -0.4 is 10.2 Å². The molecule has 2 amide bonds. The first kappa shape index (κ1) is 14.8. The Morgan fingerprint density at radius 3 is 2.30 bits per heavy atom. The summed E-state index contributed by atoms with van der Waals surface area (Å²) in [4.78, 5) is 36.6. The van der Waals surface area contributed by atoms with Gasteiger partial charge in [0.1, 0.15) is 6.04 Å². The Morgan fingerprint density at radius 2 is 1.70 bits per heavy atom. The Balaban J connectivity index is 1.76. The number of aromatic carboxylic acids is 1. The summed E-state index contributed by atoms with van der Waals surface area (Å²) in [5.41, 5.74) is 1.30. The number of imide groups is 1. The van der Waals surface area contributed by atoms with Crippen LogP contribution in [0.1, 0.15) is 16.8 Å². The van der Waals surface area contributed by atoms with E-state index in [2.05, 4.69) is 5.32 Å². The molecule has 1 saturated heterocycles. The Bertz CT molecular complexity index is 756. The second-order valence-electron chi connectivity index (χ2n) is 5.19. The Kier molecular flexibility index (Phi) is 3.80. The maximum atomic E-state index is 12.4. The number of carbonyl (C=O) groups is 3. The molecule has 2 aromatic carbocycles. The summed E-state index contributed by atoms with van der Waals surface area (Å²) in [6.07, 6.45) is 0.0639. The average molecular weight is 310 g/mol. The number of amides is 2. The third-order valence-electron chi connectivity index (χ3n) is 3.63. The lowest BCUT2D eigenvalue weighted by Gasteiger charge is -2.16. The van der Waals surface area contributed by atoms with Gasteiger partial charge in [-0.1, -0.05) is 18.2 Å².